The third-order valence-electron chi connectivity index (χ3n) is 4.60. The fourth-order valence-electron chi connectivity index (χ4n) is 3.42. The van der Waals surface area contributed by atoms with Crippen LogP contribution in [0.4, 0.5) is 0 Å². The predicted molar refractivity (Wildman–Crippen MR) is 85.0 cm³/mol. The number of rotatable bonds is 2. The number of halogens is 1. The molecule has 1 N–H and O–H groups in total. The zero-order chi connectivity index (χ0) is 14.4. The van der Waals surface area contributed by atoms with Crippen LogP contribution in [0.1, 0.15) is 23.3 Å². The molecule has 3 aliphatic heterocycles. The number of hydrogen-bond acceptors (Lipinski definition) is 4. The first-order chi connectivity index (χ1) is 10.2. The Kier molecular flexibility index (Phi) is 3.36. The van der Waals surface area contributed by atoms with Crippen LogP contribution >= 0.6 is 22.9 Å². The van der Waals surface area contributed by atoms with Gasteiger partial charge in [-0.3, -0.25) is 4.79 Å². The highest BCUT2D eigenvalue weighted by Crippen LogP contribution is 2.29. The number of carbonyl (C=O) groups excluding carboxylic acids is 1. The van der Waals surface area contributed by atoms with Gasteiger partial charge in [0.05, 0.1) is 4.70 Å². The number of hydrogen-bond donors (Lipinski definition) is 1. The molecule has 5 rings (SSSR count). The van der Waals surface area contributed by atoms with Gasteiger partial charge in [-0.2, -0.15) is 0 Å². The summed E-state index contributed by atoms with van der Waals surface area (Å²) in [4.78, 5) is 19.1. The van der Waals surface area contributed by atoms with Gasteiger partial charge < -0.3 is 10.2 Å². The van der Waals surface area contributed by atoms with E-state index in [9.17, 15) is 4.79 Å². The summed E-state index contributed by atoms with van der Waals surface area (Å²) in [6.45, 7) is 3.30. The van der Waals surface area contributed by atoms with Crippen molar-refractivity contribution in [2.75, 3.05) is 19.6 Å². The van der Waals surface area contributed by atoms with Crippen LogP contribution in [0.15, 0.2) is 17.5 Å². The normalized spacial score (nSPS) is 28.0. The van der Waals surface area contributed by atoms with Gasteiger partial charge in [-0.25, -0.2) is 4.98 Å². The summed E-state index contributed by atoms with van der Waals surface area (Å²) < 4.78 is 0.941. The Hall–Kier alpha value is -1.17. The molecule has 2 aromatic rings. The Bertz CT molecular complexity index is 693. The number of pyridine rings is 1. The summed E-state index contributed by atoms with van der Waals surface area (Å²) in [6.07, 6.45) is 2.37. The van der Waals surface area contributed by atoms with Crippen molar-refractivity contribution in [1.29, 1.82) is 0 Å². The molecular weight excluding hydrogens is 306 g/mol. The minimum atomic E-state index is -0.108. The summed E-state index contributed by atoms with van der Waals surface area (Å²) in [5.74, 6) is 0.503. The highest BCUT2D eigenvalue weighted by atomic mass is 35.5. The Balaban J connectivity index is 1.56. The molecule has 0 radical (unpaired) electrons. The van der Waals surface area contributed by atoms with E-state index in [2.05, 4.69) is 15.2 Å². The number of fused-ring (bicyclic) bond motifs is 4. The summed E-state index contributed by atoms with van der Waals surface area (Å²) in [5.41, 5.74) is 0.419. The largest absolute Gasteiger partial charge is 0.346 e. The van der Waals surface area contributed by atoms with Crippen molar-refractivity contribution in [2.45, 2.75) is 18.9 Å². The molecule has 1 amide bonds. The van der Waals surface area contributed by atoms with Crippen molar-refractivity contribution < 1.29 is 4.79 Å². The monoisotopic (exact) mass is 321 g/mol. The Labute approximate surface area is 132 Å². The first-order valence-corrected chi connectivity index (χ1v) is 8.53. The SMILES string of the molecule is O=C(NC1CN2CCC1CC2)c1cc2ccsc2c(Cl)n1. The van der Waals surface area contributed by atoms with Crippen LogP contribution in [0.3, 0.4) is 0 Å². The molecule has 0 saturated carbocycles. The van der Waals surface area contributed by atoms with Crippen molar-refractivity contribution in [2.24, 2.45) is 5.92 Å². The topological polar surface area (TPSA) is 45.2 Å². The summed E-state index contributed by atoms with van der Waals surface area (Å²) in [6, 6.07) is 4.05. The molecule has 3 aliphatic rings. The maximum Gasteiger partial charge on any atom is 0.270 e. The molecule has 1 unspecified atom stereocenters. The van der Waals surface area contributed by atoms with Gasteiger partial charge in [0.2, 0.25) is 0 Å². The minimum absolute atomic E-state index is 0.108. The molecule has 21 heavy (non-hydrogen) atoms. The number of nitrogens with zero attached hydrogens (tertiary/aromatic N) is 2. The molecule has 2 aromatic heterocycles. The summed E-state index contributed by atoms with van der Waals surface area (Å²) in [5, 5.41) is 6.52. The van der Waals surface area contributed by atoms with Gasteiger partial charge in [0.1, 0.15) is 10.8 Å². The standard InChI is InChI=1S/C15H16ClN3OS/c16-14-13-10(3-6-21-13)7-11(17-14)15(20)18-12-8-19-4-1-9(12)2-5-19/h3,6-7,9,12H,1-2,4-5,8H2,(H,18,20). The highest BCUT2D eigenvalue weighted by molar-refractivity contribution is 7.17. The van der Waals surface area contributed by atoms with Crippen molar-refractivity contribution in [3.05, 3.63) is 28.4 Å². The van der Waals surface area contributed by atoms with Gasteiger partial charge in [-0.05, 0) is 54.7 Å². The van der Waals surface area contributed by atoms with E-state index in [1.54, 1.807) is 11.3 Å². The maximum atomic E-state index is 12.5. The molecule has 0 aromatic carbocycles. The predicted octanol–water partition coefficient (Wildman–Crippen LogP) is 2.77. The molecule has 6 heteroatoms. The summed E-state index contributed by atoms with van der Waals surface area (Å²) in [7, 11) is 0. The van der Waals surface area contributed by atoms with Crippen LogP contribution in [0, 0.1) is 5.92 Å². The van der Waals surface area contributed by atoms with Gasteiger partial charge in [0, 0.05) is 12.6 Å². The van der Waals surface area contributed by atoms with Crippen molar-refractivity contribution >= 4 is 38.9 Å². The fraction of sp³-hybridized carbons (Fsp3) is 0.467. The minimum Gasteiger partial charge on any atom is -0.346 e. The molecule has 0 spiro atoms. The number of carbonyl (C=O) groups is 1. The van der Waals surface area contributed by atoms with E-state index in [1.807, 2.05) is 17.5 Å². The maximum absolute atomic E-state index is 12.5. The van der Waals surface area contributed by atoms with E-state index in [1.165, 1.54) is 25.9 Å². The second-order valence-corrected chi connectivity index (χ2v) is 7.13. The molecule has 3 saturated heterocycles. The van der Waals surface area contributed by atoms with Gasteiger partial charge >= 0.3 is 0 Å². The van der Waals surface area contributed by atoms with Gasteiger partial charge in [0.15, 0.2) is 0 Å². The number of nitrogens with one attached hydrogen (secondary N) is 1. The third kappa shape index (κ3) is 2.43. The van der Waals surface area contributed by atoms with Crippen LogP contribution in [-0.2, 0) is 0 Å². The molecule has 0 aliphatic carbocycles. The van der Waals surface area contributed by atoms with Gasteiger partial charge in [0.25, 0.3) is 5.91 Å². The Morgan fingerprint density at radius 2 is 2.24 bits per heavy atom. The second kappa shape index (κ2) is 5.23. The zero-order valence-electron chi connectivity index (χ0n) is 11.5. The molecule has 110 valence electrons. The zero-order valence-corrected chi connectivity index (χ0v) is 13.1. The van der Waals surface area contributed by atoms with Crippen molar-refractivity contribution in [1.82, 2.24) is 15.2 Å². The smallest absolute Gasteiger partial charge is 0.270 e. The van der Waals surface area contributed by atoms with Crippen LogP contribution in [0.25, 0.3) is 10.1 Å². The molecule has 3 fully saturated rings. The van der Waals surface area contributed by atoms with E-state index >= 15 is 0 Å². The highest BCUT2D eigenvalue weighted by Gasteiger charge is 2.35. The van der Waals surface area contributed by atoms with Crippen LogP contribution < -0.4 is 5.32 Å². The average molecular weight is 322 g/mol. The van der Waals surface area contributed by atoms with Crippen LogP contribution in [0.5, 0.6) is 0 Å². The lowest BCUT2D eigenvalue weighted by Gasteiger charge is -2.44. The van der Waals surface area contributed by atoms with Crippen molar-refractivity contribution in [3.63, 3.8) is 0 Å². The van der Waals surface area contributed by atoms with E-state index < -0.39 is 0 Å². The number of amides is 1. The van der Waals surface area contributed by atoms with Crippen LogP contribution in [0.2, 0.25) is 5.15 Å². The second-order valence-electron chi connectivity index (χ2n) is 5.86. The molecular formula is C15H16ClN3OS. The van der Waals surface area contributed by atoms with E-state index in [0.717, 1.165) is 16.6 Å². The van der Waals surface area contributed by atoms with E-state index in [-0.39, 0.29) is 11.9 Å². The number of thiophene rings is 1. The molecule has 5 heterocycles. The number of piperidine rings is 3. The van der Waals surface area contributed by atoms with E-state index in [4.69, 9.17) is 11.6 Å². The molecule has 1 atom stereocenters. The average Bonchev–Trinajstić information content (AvgIpc) is 2.97. The van der Waals surface area contributed by atoms with Crippen LogP contribution in [-0.4, -0.2) is 41.5 Å². The third-order valence-corrected chi connectivity index (χ3v) is 5.92. The molecule has 4 nitrogen and oxygen atoms in total. The first-order valence-electron chi connectivity index (χ1n) is 7.27. The Morgan fingerprint density at radius 1 is 1.43 bits per heavy atom. The first kappa shape index (κ1) is 13.5. The lowest BCUT2D eigenvalue weighted by atomic mass is 9.84. The van der Waals surface area contributed by atoms with Gasteiger partial charge in [-0.15, -0.1) is 11.3 Å². The summed E-state index contributed by atoms with van der Waals surface area (Å²) >= 11 is 7.71. The Morgan fingerprint density at radius 3 is 2.95 bits per heavy atom. The lowest BCUT2D eigenvalue weighted by molar-refractivity contribution is 0.0618. The van der Waals surface area contributed by atoms with E-state index in [0.29, 0.717) is 16.8 Å². The molecule has 2 bridgehead atoms. The lowest BCUT2D eigenvalue weighted by Crippen LogP contribution is -2.57. The van der Waals surface area contributed by atoms with Gasteiger partial charge in [-0.1, -0.05) is 11.6 Å². The number of aromatic nitrogens is 1. The quantitative estimate of drug-likeness (QED) is 0.865. The van der Waals surface area contributed by atoms with Crippen molar-refractivity contribution in [3.8, 4) is 0 Å². The fourth-order valence-corrected chi connectivity index (χ4v) is 4.51.